The third-order valence-corrected chi connectivity index (χ3v) is 6.55. The molecule has 0 N–H and O–H groups in total. The van der Waals surface area contributed by atoms with E-state index >= 15 is 0 Å². The lowest BCUT2D eigenvalue weighted by atomic mass is 9.83. The monoisotopic (exact) mass is 478 g/mol. The topological polar surface area (TPSA) is 86.6 Å². The Morgan fingerprint density at radius 2 is 1.91 bits per heavy atom. The van der Waals surface area contributed by atoms with Gasteiger partial charge in [0.2, 0.25) is 0 Å². The van der Waals surface area contributed by atoms with E-state index in [-0.39, 0.29) is 24.4 Å². The summed E-state index contributed by atoms with van der Waals surface area (Å²) in [5.74, 6) is -0.486. The standard InChI is InChI=1S/C27H34N4O4/c1-7-31-23-11-10-21(17(2)25(23)28-29-31)22(15-24(32)34-6)19-9-8-18-12-13-30(16-20(18)14-19)26(33)35-27(3,4)5/h8-11,14,22H,7,12-13,15-16H2,1-6H3/t22-/m0/s1. The number of esters is 1. The largest absolute Gasteiger partial charge is 0.469 e. The van der Waals surface area contributed by atoms with E-state index in [9.17, 15) is 9.59 Å². The van der Waals surface area contributed by atoms with Crippen molar-refractivity contribution < 1.29 is 19.1 Å². The number of aryl methyl sites for hydroxylation is 2. The van der Waals surface area contributed by atoms with E-state index < -0.39 is 5.60 Å². The van der Waals surface area contributed by atoms with E-state index in [0.29, 0.717) is 13.1 Å². The average Bonchev–Trinajstić information content (AvgIpc) is 3.25. The fourth-order valence-corrected chi connectivity index (χ4v) is 4.73. The highest BCUT2D eigenvalue weighted by Crippen LogP contribution is 2.35. The van der Waals surface area contributed by atoms with Crippen molar-refractivity contribution in [1.82, 2.24) is 19.9 Å². The molecule has 0 fully saturated rings. The Bertz CT molecular complexity index is 1260. The maximum atomic E-state index is 12.7. The summed E-state index contributed by atoms with van der Waals surface area (Å²) < 4.78 is 12.5. The van der Waals surface area contributed by atoms with Gasteiger partial charge in [-0.1, -0.05) is 29.5 Å². The van der Waals surface area contributed by atoms with Crippen LogP contribution >= 0.6 is 0 Å². The highest BCUT2D eigenvalue weighted by molar-refractivity contribution is 5.80. The molecule has 0 aliphatic carbocycles. The van der Waals surface area contributed by atoms with Crippen LogP contribution in [0.4, 0.5) is 4.79 Å². The molecule has 1 amide bonds. The van der Waals surface area contributed by atoms with Crippen molar-refractivity contribution in [3.05, 3.63) is 58.1 Å². The lowest BCUT2D eigenvalue weighted by molar-refractivity contribution is -0.140. The van der Waals surface area contributed by atoms with Gasteiger partial charge in [0.05, 0.1) is 19.0 Å². The van der Waals surface area contributed by atoms with Gasteiger partial charge < -0.3 is 14.4 Å². The van der Waals surface area contributed by atoms with Gasteiger partial charge in [0, 0.05) is 25.6 Å². The van der Waals surface area contributed by atoms with Crippen LogP contribution in [0.15, 0.2) is 30.3 Å². The van der Waals surface area contributed by atoms with Crippen LogP contribution in [0.3, 0.4) is 0 Å². The molecule has 2 aromatic carbocycles. The van der Waals surface area contributed by atoms with Gasteiger partial charge in [0.15, 0.2) is 0 Å². The van der Waals surface area contributed by atoms with E-state index in [1.807, 2.05) is 45.4 Å². The van der Waals surface area contributed by atoms with Gasteiger partial charge in [-0.3, -0.25) is 4.79 Å². The number of methoxy groups -OCH3 is 1. The van der Waals surface area contributed by atoms with Crippen molar-refractivity contribution in [2.45, 2.75) is 72.1 Å². The number of hydrogen-bond acceptors (Lipinski definition) is 6. The van der Waals surface area contributed by atoms with Crippen LogP contribution in [0.2, 0.25) is 0 Å². The van der Waals surface area contributed by atoms with Crippen LogP contribution in [0.1, 0.15) is 67.9 Å². The number of amides is 1. The first kappa shape index (κ1) is 24.7. The Hall–Kier alpha value is -3.42. The van der Waals surface area contributed by atoms with Crippen molar-refractivity contribution in [3.63, 3.8) is 0 Å². The number of ether oxygens (including phenoxy) is 2. The second-order valence-electron chi connectivity index (χ2n) is 10.1. The second kappa shape index (κ2) is 9.68. The second-order valence-corrected chi connectivity index (χ2v) is 10.1. The third-order valence-electron chi connectivity index (χ3n) is 6.55. The molecule has 0 bridgehead atoms. The van der Waals surface area contributed by atoms with E-state index in [4.69, 9.17) is 9.47 Å². The first-order valence-electron chi connectivity index (χ1n) is 12.1. The van der Waals surface area contributed by atoms with E-state index in [2.05, 4.69) is 34.6 Å². The summed E-state index contributed by atoms with van der Waals surface area (Å²) in [5, 5.41) is 8.65. The van der Waals surface area contributed by atoms with E-state index in [0.717, 1.165) is 46.3 Å². The van der Waals surface area contributed by atoms with Crippen LogP contribution in [-0.4, -0.2) is 51.2 Å². The van der Waals surface area contributed by atoms with Gasteiger partial charge in [0.25, 0.3) is 0 Å². The number of benzene rings is 2. The van der Waals surface area contributed by atoms with Crippen molar-refractivity contribution >= 4 is 23.1 Å². The van der Waals surface area contributed by atoms with Crippen LogP contribution in [-0.2, 0) is 33.8 Å². The molecule has 0 unspecified atom stereocenters. The SMILES string of the molecule is CCn1nnc2c(C)c([C@@H](CC(=O)OC)c3ccc4c(c3)CN(C(=O)OC(C)(C)C)CC4)ccc21. The third kappa shape index (κ3) is 5.16. The molecule has 3 aromatic rings. The quantitative estimate of drug-likeness (QED) is 0.492. The van der Waals surface area contributed by atoms with Crippen LogP contribution in [0.5, 0.6) is 0 Å². The lowest BCUT2D eigenvalue weighted by Gasteiger charge is -2.32. The van der Waals surface area contributed by atoms with E-state index in [1.54, 1.807) is 4.90 Å². The summed E-state index contributed by atoms with van der Waals surface area (Å²) in [6.45, 7) is 11.5. The molecule has 186 valence electrons. The molecular weight excluding hydrogens is 444 g/mol. The number of hydrogen-bond donors (Lipinski definition) is 0. The van der Waals surface area contributed by atoms with Crippen molar-refractivity contribution in [2.75, 3.05) is 13.7 Å². The number of rotatable bonds is 5. The minimum absolute atomic E-state index is 0.208. The molecule has 1 aliphatic rings. The molecule has 2 heterocycles. The predicted octanol–water partition coefficient (Wildman–Crippen LogP) is 4.75. The van der Waals surface area contributed by atoms with Crippen LogP contribution < -0.4 is 0 Å². The average molecular weight is 479 g/mol. The molecule has 0 spiro atoms. The van der Waals surface area contributed by atoms with Crippen molar-refractivity contribution in [1.29, 1.82) is 0 Å². The number of carbonyl (C=O) groups is 2. The van der Waals surface area contributed by atoms with Crippen molar-refractivity contribution in [3.8, 4) is 0 Å². The molecule has 1 atom stereocenters. The fourth-order valence-electron chi connectivity index (χ4n) is 4.73. The number of aromatic nitrogens is 3. The van der Waals surface area contributed by atoms with Gasteiger partial charge in [-0.15, -0.1) is 5.10 Å². The maximum Gasteiger partial charge on any atom is 0.410 e. The van der Waals surface area contributed by atoms with Crippen LogP contribution in [0, 0.1) is 6.92 Å². The molecule has 0 radical (unpaired) electrons. The normalized spacial score (nSPS) is 14.5. The summed E-state index contributed by atoms with van der Waals surface area (Å²) >= 11 is 0. The summed E-state index contributed by atoms with van der Waals surface area (Å²) in [5.41, 5.74) is 6.59. The summed E-state index contributed by atoms with van der Waals surface area (Å²) in [4.78, 5) is 26.8. The van der Waals surface area contributed by atoms with Crippen molar-refractivity contribution in [2.24, 2.45) is 0 Å². The van der Waals surface area contributed by atoms with Gasteiger partial charge in [0.1, 0.15) is 11.1 Å². The minimum Gasteiger partial charge on any atom is -0.469 e. The number of carbonyl (C=O) groups excluding carboxylic acids is 2. The smallest absolute Gasteiger partial charge is 0.410 e. The van der Waals surface area contributed by atoms with Gasteiger partial charge in [-0.2, -0.15) is 0 Å². The molecule has 35 heavy (non-hydrogen) atoms. The number of fused-ring (bicyclic) bond motifs is 2. The molecular formula is C27H34N4O4. The fraction of sp³-hybridized carbons (Fsp3) is 0.481. The zero-order valence-electron chi connectivity index (χ0n) is 21.4. The minimum atomic E-state index is -0.541. The highest BCUT2D eigenvalue weighted by atomic mass is 16.6. The Morgan fingerprint density at radius 1 is 1.14 bits per heavy atom. The Balaban J connectivity index is 1.71. The molecule has 1 aromatic heterocycles. The predicted molar refractivity (Wildman–Crippen MR) is 133 cm³/mol. The highest BCUT2D eigenvalue weighted by Gasteiger charge is 2.28. The summed E-state index contributed by atoms with van der Waals surface area (Å²) in [6, 6.07) is 10.4. The number of nitrogens with zero attached hydrogens (tertiary/aromatic N) is 4. The molecule has 4 rings (SSSR count). The van der Waals surface area contributed by atoms with Gasteiger partial charge >= 0.3 is 12.1 Å². The van der Waals surface area contributed by atoms with Gasteiger partial charge in [-0.05, 0) is 74.9 Å². The first-order chi connectivity index (χ1) is 16.6. The zero-order chi connectivity index (χ0) is 25.3. The molecule has 1 aliphatic heterocycles. The molecule has 8 nitrogen and oxygen atoms in total. The maximum absolute atomic E-state index is 12.7. The Kier molecular flexibility index (Phi) is 6.83. The van der Waals surface area contributed by atoms with Crippen LogP contribution in [0.25, 0.3) is 11.0 Å². The van der Waals surface area contributed by atoms with E-state index in [1.165, 1.54) is 12.7 Å². The Morgan fingerprint density at radius 3 is 2.60 bits per heavy atom. The Labute approximate surface area is 206 Å². The first-order valence-corrected chi connectivity index (χ1v) is 12.1. The summed E-state index contributed by atoms with van der Waals surface area (Å²) in [6.07, 6.45) is 0.668. The zero-order valence-corrected chi connectivity index (χ0v) is 21.4. The summed E-state index contributed by atoms with van der Waals surface area (Å²) in [7, 11) is 1.41. The lowest BCUT2D eigenvalue weighted by Crippen LogP contribution is -2.39. The molecule has 0 saturated heterocycles. The molecule has 8 heteroatoms. The van der Waals surface area contributed by atoms with Gasteiger partial charge in [-0.25, -0.2) is 9.48 Å². The molecule has 0 saturated carbocycles.